The summed E-state index contributed by atoms with van der Waals surface area (Å²) in [4.78, 5) is 7.09. The maximum absolute atomic E-state index is 4.80. The van der Waals surface area contributed by atoms with Crippen LogP contribution in [-0.2, 0) is 0 Å². The predicted molar refractivity (Wildman–Crippen MR) is 126 cm³/mol. The van der Waals surface area contributed by atoms with Crippen molar-refractivity contribution in [3.8, 4) is 0 Å². The molecule has 2 aromatic rings. The zero-order chi connectivity index (χ0) is 20.8. The number of hydrogen-bond donors (Lipinski definition) is 0. The van der Waals surface area contributed by atoms with Crippen LogP contribution in [0.5, 0.6) is 0 Å². The first-order valence-electron chi connectivity index (χ1n) is 10.9. The third-order valence-corrected chi connectivity index (χ3v) is 5.85. The number of fused-ring (bicyclic) bond motifs is 1. The van der Waals surface area contributed by atoms with Gasteiger partial charge < -0.3 is 4.90 Å². The standard InChI is InChI=1S/C27H34N2/c1-6-16-29(17-7-2)22(5)28-19-24-18-27(23-14-12-20(3)13-15-23)26-11-9-8-10-25(26)21(24)4/h8-15,19,27H,5-7,16-18H2,1-4H3/b28-19-. The van der Waals surface area contributed by atoms with Crippen LogP contribution in [0.3, 0.4) is 0 Å². The van der Waals surface area contributed by atoms with Gasteiger partial charge in [-0.1, -0.05) is 74.5 Å². The maximum Gasteiger partial charge on any atom is 0.121 e. The minimum atomic E-state index is 0.368. The zero-order valence-electron chi connectivity index (χ0n) is 18.4. The Labute approximate surface area is 176 Å². The molecule has 2 heteroatoms. The SMILES string of the molecule is C=C(/N=C\C1=C(C)c2ccccc2C(c2ccc(C)cc2)C1)N(CCC)CCC. The maximum atomic E-state index is 4.80. The van der Waals surface area contributed by atoms with Gasteiger partial charge in [0, 0.05) is 25.2 Å². The van der Waals surface area contributed by atoms with Crippen molar-refractivity contribution in [1.29, 1.82) is 0 Å². The van der Waals surface area contributed by atoms with Crippen LogP contribution in [0, 0.1) is 6.92 Å². The number of benzene rings is 2. The lowest BCUT2D eigenvalue weighted by molar-refractivity contribution is 0.343. The molecule has 0 saturated heterocycles. The first kappa shape index (κ1) is 21.1. The van der Waals surface area contributed by atoms with E-state index in [2.05, 4.69) is 93.9 Å². The topological polar surface area (TPSA) is 15.6 Å². The molecule has 1 atom stereocenters. The summed E-state index contributed by atoms with van der Waals surface area (Å²) in [6.07, 6.45) is 5.26. The Balaban J connectivity index is 1.92. The molecule has 0 radical (unpaired) electrons. The van der Waals surface area contributed by atoms with Crippen molar-refractivity contribution in [2.45, 2.75) is 52.9 Å². The summed E-state index contributed by atoms with van der Waals surface area (Å²) in [5.41, 5.74) is 8.08. The van der Waals surface area contributed by atoms with Gasteiger partial charge in [0.15, 0.2) is 0 Å². The molecule has 0 bridgehead atoms. The summed E-state index contributed by atoms with van der Waals surface area (Å²) in [6.45, 7) is 15.0. The molecular weight excluding hydrogens is 352 g/mol. The molecule has 0 amide bonds. The van der Waals surface area contributed by atoms with Crippen LogP contribution in [0.25, 0.3) is 5.57 Å². The van der Waals surface area contributed by atoms with E-state index in [1.807, 2.05) is 0 Å². The Bertz CT molecular complexity index is 896. The van der Waals surface area contributed by atoms with Gasteiger partial charge in [0.05, 0.1) is 0 Å². The lowest BCUT2D eigenvalue weighted by atomic mass is 9.76. The van der Waals surface area contributed by atoms with E-state index in [4.69, 9.17) is 4.99 Å². The summed E-state index contributed by atoms with van der Waals surface area (Å²) < 4.78 is 0. The number of rotatable bonds is 8. The van der Waals surface area contributed by atoms with Crippen LogP contribution in [0.15, 0.2) is 71.5 Å². The predicted octanol–water partition coefficient (Wildman–Crippen LogP) is 6.97. The van der Waals surface area contributed by atoms with E-state index in [1.165, 1.54) is 33.4 Å². The van der Waals surface area contributed by atoms with E-state index in [9.17, 15) is 0 Å². The van der Waals surface area contributed by atoms with Gasteiger partial charge in [-0.05, 0) is 60.9 Å². The molecule has 0 heterocycles. The zero-order valence-corrected chi connectivity index (χ0v) is 18.4. The normalized spacial score (nSPS) is 16.2. The Morgan fingerprint density at radius 2 is 1.69 bits per heavy atom. The lowest BCUT2D eigenvalue weighted by Crippen LogP contribution is -2.23. The smallest absolute Gasteiger partial charge is 0.121 e. The molecule has 1 aliphatic carbocycles. The van der Waals surface area contributed by atoms with Crippen LogP contribution >= 0.6 is 0 Å². The summed E-state index contributed by atoms with van der Waals surface area (Å²) in [5.74, 6) is 1.24. The van der Waals surface area contributed by atoms with E-state index in [-0.39, 0.29) is 0 Å². The third-order valence-electron chi connectivity index (χ3n) is 5.85. The highest BCUT2D eigenvalue weighted by atomic mass is 15.2. The summed E-state index contributed by atoms with van der Waals surface area (Å²) in [7, 11) is 0. The second-order valence-corrected chi connectivity index (χ2v) is 8.07. The molecule has 0 saturated carbocycles. The molecule has 0 aliphatic heterocycles. The van der Waals surface area contributed by atoms with Crippen LogP contribution in [0.1, 0.15) is 68.2 Å². The van der Waals surface area contributed by atoms with Crippen LogP contribution < -0.4 is 0 Å². The summed E-state index contributed by atoms with van der Waals surface area (Å²) >= 11 is 0. The van der Waals surface area contributed by atoms with E-state index in [0.29, 0.717) is 5.92 Å². The average Bonchev–Trinajstić information content (AvgIpc) is 2.74. The third kappa shape index (κ3) is 4.87. The van der Waals surface area contributed by atoms with Crippen LogP contribution in [-0.4, -0.2) is 24.2 Å². The van der Waals surface area contributed by atoms with Crippen molar-refractivity contribution < 1.29 is 0 Å². The van der Waals surface area contributed by atoms with Gasteiger partial charge in [0.1, 0.15) is 5.82 Å². The molecule has 0 aromatic heterocycles. The summed E-state index contributed by atoms with van der Waals surface area (Å²) in [5, 5.41) is 0. The van der Waals surface area contributed by atoms with E-state index in [0.717, 1.165) is 38.2 Å². The number of hydrogen-bond acceptors (Lipinski definition) is 2. The second kappa shape index (κ2) is 9.73. The molecule has 1 unspecified atom stereocenters. The highest BCUT2D eigenvalue weighted by Gasteiger charge is 2.25. The second-order valence-electron chi connectivity index (χ2n) is 8.07. The molecule has 1 aliphatic rings. The minimum Gasteiger partial charge on any atom is -0.357 e. The number of allylic oxidation sites excluding steroid dienone is 2. The van der Waals surface area contributed by atoms with Gasteiger partial charge in [-0.3, -0.25) is 0 Å². The first-order chi connectivity index (χ1) is 14.0. The Morgan fingerprint density at radius 1 is 1.03 bits per heavy atom. The quantitative estimate of drug-likeness (QED) is 0.447. The average molecular weight is 387 g/mol. The van der Waals surface area contributed by atoms with Crippen LogP contribution in [0.4, 0.5) is 0 Å². The fourth-order valence-corrected chi connectivity index (χ4v) is 4.19. The first-order valence-corrected chi connectivity index (χ1v) is 10.9. The molecular formula is C27H34N2. The van der Waals surface area contributed by atoms with Gasteiger partial charge in [-0.15, -0.1) is 0 Å². The van der Waals surface area contributed by atoms with Crippen molar-refractivity contribution in [2.75, 3.05) is 13.1 Å². The van der Waals surface area contributed by atoms with Gasteiger partial charge in [0.2, 0.25) is 0 Å². The van der Waals surface area contributed by atoms with Crippen molar-refractivity contribution in [1.82, 2.24) is 4.90 Å². The van der Waals surface area contributed by atoms with E-state index < -0.39 is 0 Å². The highest BCUT2D eigenvalue weighted by Crippen LogP contribution is 2.41. The molecule has 29 heavy (non-hydrogen) atoms. The minimum absolute atomic E-state index is 0.368. The van der Waals surface area contributed by atoms with Gasteiger partial charge in [-0.2, -0.15) is 0 Å². The molecule has 0 N–H and O–H groups in total. The van der Waals surface area contributed by atoms with Crippen molar-refractivity contribution in [3.63, 3.8) is 0 Å². The Morgan fingerprint density at radius 3 is 2.34 bits per heavy atom. The van der Waals surface area contributed by atoms with E-state index in [1.54, 1.807) is 0 Å². The number of nitrogens with zero attached hydrogens (tertiary/aromatic N) is 2. The molecule has 2 nitrogen and oxygen atoms in total. The summed E-state index contributed by atoms with van der Waals surface area (Å²) in [6, 6.07) is 17.8. The van der Waals surface area contributed by atoms with Gasteiger partial charge in [0.25, 0.3) is 0 Å². The van der Waals surface area contributed by atoms with Crippen molar-refractivity contribution >= 4 is 11.8 Å². The van der Waals surface area contributed by atoms with Gasteiger partial charge >= 0.3 is 0 Å². The molecule has 0 fully saturated rings. The molecule has 152 valence electrons. The number of aryl methyl sites for hydroxylation is 1. The van der Waals surface area contributed by atoms with Crippen molar-refractivity contribution in [3.05, 3.63) is 88.8 Å². The fourth-order valence-electron chi connectivity index (χ4n) is 4.19. The Kier molecular flexibility index (Phi) is 7.09. The van der Waals surface area contributed by atoms with E-state index >= 15 is 0 Å². The number of aliphatic imine (C=N–C) groups is 1. The monoisotopic (exact) mass is 386 g/mol. The lowest BCUT2D eigenvalue weighted by Gasteiger charge is -2.28. The highest BCUT2D eigenvalue weighted by molar-refractivity contribution is 5.93. The van der Waals surface area contributed by atoms with Crippen molar-refractivity contribution in [2.24, 2.45) is 4.99 Å². The molecule has 0 spiro atoms. The molecule has 3 rings (SSSR count). The fraction of sp³-hybridized carbons (Fsp3) is 0.370. The van der Waals surface area contributed by atoms with Crippen LogP contribution in [0.2, 0.25) is 0 Å². The van der Waals surface area contributed by atoms with Gasteiger partial charge in [-0.25, -0.2) is 4.99 Å². The Hall–Kier alpha value is -2.61. The largest absolute Gasteiger partial charge is 0.357 e. The molecule has 2 aromatic carbocycles.